The van der Waals surface area contributed by atoms with Crippen molar-refractivity contribution >= 4 is 57.0 Å². The second-order valence-corrected chi connectivity index (χ2v) is 11.3. The smallest absolute Gasteiger partial charge is 0.333 e. The van der Waals surface area contributed by atoms with Crippen LogP contribution in [0, 0.1) is 0 Å². The van der Waals surface area contributed by atoms with Crippen LogP contribution in [0.2, 0.25) is 0 Å². The number of hydrogen-bond donors (Lipinski definition) is 0. The molecule has 43 heavy (non-hydrogen) atoms. The zero-order chi connectivity index (χ0) is 28.3. The van der Waals surface area contributed by atoms with E-state index in [4.69, 9.17) is 0 Å². The molecule has 2 aliphatic heterocycles. The first-order chi connectivity index (χ1) is 21.4. The van der Waals surface area contributed by atoms with Crippen molar-refractivity contribution in [3.8, 4) is 22.3 Å². The van der Waals surface area contributed by atoms with E-state index >= 15 is 0 Å². The maximum atomic E-state index is 2.54. The van der Waals surface area contributed by atoms with Crippen LogP contribution in [0.4, 0.5) is 28.4 Å². The van der Waals surface area contributed by atoms with Crippen LogP contribution >= 0.6 is 0 Å². The molecule has 200 valence electrons. The summed E-state index contributed by atoms with van der Waals surface area (Å²) in [5.74, 6) is 0. The van der Waals surface area contributed by atoms with E-state index in [0.29, 0.717) is 0 Å². The van der Waals surface area contributed by atoms with Crippen LogP contribution in [0.15, 0.2) is 164 Å². The summed E-state index contributed by atoms with van der Waals surface area (Å²) in [4.78, 5) is 5.07. The van der Waals surface area contributed by atoms with E-state index in [0.717, 1.165) is 0 Å². The molecule has 7 aromatic carbocycles. The molecule has 2 aliphatic rings. The highest BCUT2D eigenvalue weighted by Gasteiger charge is 2.44. The maximum Gasteiger partial charge on any atom is 0.333 e. The highest BCUT2D eigenvalue weighted by Crippen LogP contribution is 2.49. The lowest BCUT2D eigenvalue weighted by molar-refractivity contribution is 1.28. The topological polar surface area (TPSA) is 6.48 Å². The van der Waals surface area contributed by atoms with Crippen LogP contribution in [0.25, 0.3) is 33.0 Å². The minimum Gasteiger partial charge on any atom is -0.376 e. The van der Waals surface area contributed by atoms with Gasteiger partial charge in [0.15, 0.2) is 0 Å². The molecule has 0 saturated heterocycles. The summed E-state index contributed by atoms with van der Waals surface area (Å²) in [6.45, 7) is 0.0334. The molecular formula is C40H27BN2. The minimum atomic E-state index is 0.0334. The van der Waals surface area contributed by atoms with E-state index in [-0.39, 0.29) is 6.85 Å². The zero-order valence-corrected chi connectivity index (χ0v) is 23.6. The Kier molecular flexibility index (Phi) is 5.33. The van der Waals surface area contributed by atoms with Crippen LogP contribution in [0.3, 0.4) is 0 Å². The highest BCUT2D eigenvalue weighted by molar-refractivity contribution is 6.93. The van der Waals surface area contributed by atoms with Crippen LogP contribution in [-0.2, 0) is 0 Å². The van der Waals surface area contributed by atoms with E-state index in [2.05, 4.69) is 174 Å². The molecule has 0 saturated carbocycles. The van der Waals surface area contributed by atoms with Gasteiger partial charge in [0.25, 0.3) is 0 Å². The first kappa shape index (κ1) is 24.1. The normalized spacial score (nSPS) is 13.0. The van der Waals surface area contributed by atoms with Crippen molar-refractivity contribution in [3.63, 3.8) is 0 Å². The van der Waals surface area contributed by atoms with Gasteiger partial charge in [0.05, 0.1) is 5.69 Å². The Balaban J connectivity index is 1.41. The summed E-state index contributed by atoms with van der Waals surface area (Å²) >= 11 is 0. The lowest BCUT2D eigenvalue weighted by atomic mass is 9.43. The number of benzene rings is 7. The molecule has 0 bridgehead atoms. The minimum absolute atomic E-state index is 0.0334. The predicted octanol–water partition coefficient (Wildman–Crippen LogP) is 9.21. The molecule has 0 unspecified atom stereocenters. The van der Waals surface area contributed by atoms with Crippen molar-refractivity contribution in [1.29, 1.82) is 0 Å². The first-order valence-electron chi connectivity index (χ1n) is 14.9. The van der Waals surface area contributed by atoms with Gasteiger partial charge in [-0.05, 0) is 57.8 Å². The average molecular weight is 546 g/mol. The largest absolute Gasteiger partial charge is 0.376 e. The fourth-order valence-corrected chi connectivity index (χ4v) is 7.26. The summed E-state index contributed by atoms with van der Waals surface area (Å²) in [6, 6.07) is 59.7. The van der Waals surface area contributed by atoms with Gasteiger partial charge < -0.3 is 9.71 Å². The fraction of sp³-hybridized carbons (Fsp3) is 0. The third kappa shape index (κ3) is 3.55. The molecule has 0 N–H and O–H groups in total. The third-order valence-corrected chi connectivity index (χ3v) is 9.03. The second kappa shape index (κ2) is 9.50. The number of fused-ring (bicyclic) bond motifs is 5. The Morgan fingerprint density at radius 1 is 0.419 bits per heavy atom. The Hall–Kier alpha value is -5.54. The number of para-hydroxylation sites is 3. The van der Waals surface area contributed by atoms with Crippen molar-refractivity contribution in [1.82, 2.24) is 0 Å². The molecule has 9 rings (SSSR count). The average Bonchev–Trinajstić information content (AvgIpc) is 3.09. The Labute approximate surface area is 252 Å². The van der Waals surface area contributed by atoms with Crippen molar-refractivity contribution in [2.24, 2.45) is 0 Å². The van der Waals surface area contributed by atoms with Crippen molar-refractivity contribution in [2.45, 2.75) is 0 Å². The molecule has 0 aromatic heterocycles. The summed E-state index contributed by atoms with van der Waals surface area (Å²) in [5.41, 5.74) is 13.7. The molecule has 0 radical (unpaired) electrons. The highest BCUT2D eigenvalue weighted by atomic mass is 15.2. The molecule has 0 fully saturated rings. The lowest BCUT2D eigenvalue weighted by Gasteiger charge is -2.46. The van der Waals surface area contributed by atoms with Crippen LogP contribution in [0.1, 0.15) is 0 Å². The number of nitrogens with zero attached hydrogens (tertiary/aromatic N) is 2. The zero-order valence-electron chi connectivity index (χ0n) is 23.6. The van der Waals surface area contributed by atoms with E-state index in [1.165, 1.54) is 72.4 Å². The predicted molar refractivity (Wildman–Crippen MR) is 183 cm³/mol. The number of hydrogen-bond acceptors (Lipinski definition) is 2. The Morgan fingerprint density at radius 2 is 1.07 bits per heavy atom. The number of anilines is 5. The Morgan fingerprint density at radius 3 is 1.93 bits per heavy atom. The molecule has 0 atom stereocenters. The van der Waals surface area contributed by atoms with Gasteiger partial charge in [-0.25, -0.2) is 0 Å². The molecule has 2 nitrogen and oxygen atoms in total. The number of rotatable bonds is 3. The Bertz CT molecular complexity index is 2160. The monoisotopic (exact) mass is 546 g/mol. The van der Waals surface area contributed by atoms with Gasteiger partial charge >= 0.3 is 6.85 Å². The molecule has 7 aromatic rings. The van der Waals surface area contributed by atoms with Gasteiger partial charge in [-0.3, -0.25) is 0 Å². The van der Waals surface area contributed by atoms with Gasteiger partial charge in [0.1, 0.15) is 0 Å². The van der Waals surface area contributed by atoms with Crippen LogP contribution in [0.5, 0.6) is 0 Å². The molecule has 0 spiro atoms. The summed E-state index contributed by atoms with van der Waals surface area (Å²) in [5, 5.41) is 2.48. The second-order valence-electron chi connectivity index (χ2n) is 11.3. The van der Waals surface area contributed by atoms with E-state index in [1.807, 2.05) is 0 Å². The summed E-state index contributed by atoms with van der Waals surface area (Å²) < 4.78 is 0. The molecule has 2 heterocycles. The van der Waals surface area contributed by atoms with Gasteiger partial charge in [-0.15, -0.1) is 0 Å². The molecular weight excluding hydrogens is 519 g/mol. The van der Waals surface area contributed by atoms with Gasteiger partial charge in [-0.2, -0.15) is 0 Å². The van der Waals surface area contributed by atoms with E-state index < -0.39 is 0 Å². The molecule has 3 heteroatoms. The van der Waals surface area contributed by atoms with Crippen molar-refractivity contribution < 1.29 is 0 Å². The van der Waals surface area contributed by atoms with Gasteiger partial charge in [-0.1, -0.05) is 133 Å². The quantitative estimate of drug-likeness (QED) is 0.204. The lowest BCUT2D eigenvalue weighted by Crippen LogP contribution is -2.61. The summed E-state index contributed by atoms with van der Waals surface area (Å²) in [6.07, 6.45) is 0. The standard InChI is InChI=1S/C40H27BN2/c1-3-14-28(15-4-1)32-27-26-29-16-7-8-19-31(29)40(32)42-37-24-12-10-22-35(37)41-39-34(21-13-25-38(39)42)33-20-9-11-23-36(33)43(41)30-17-5-2-6-18-30/h1-27H. The van der Waals surface area contributed by atoms with Crippen LogP contribution in [-0.4, -0.2) is 6.85 Å². The SMILES string of the molecule is c1ccc(-c2ccc3ccccc3c2N2c3ccccc3B3c4c(cccc42)-c2ccccc2N3c2ccccc2)cc1. The van der Waals surface area contributed by atoms with Gasteiger partial charge in [0, 0.05) is 39.3 Å². The molecule has 0 amide bonds. The third-order valence-electron chi connectivity index (χ3n) is 9.03. The van der Waals surface area contributed by atoms with Crippen LogP contribution < -0.4 is 20.6 Å². The van der Waals surface area contributed by atoms with Crippen molar-refractivity contribution in [2.75, 3.05) is 9.71 Å². The summed E-state index contributed by atoms with van der Waals surface area (Å²) in [7, 11) is 0. The van der Waals surface area contributed by atoms with Crippen molar-refractivity contribution in [3.05, 3.63) is 164 Å². The maximum absolute atomic E-state index is 2.54. The molecule has 0 aliphatic carbocycles. The van der Waals surface area contributed by atoms with E-state index in [1.54, 1.807) is 0 Å². The van der Waals surface area contributed by atoms with E-state index in [9.17, 15) is 0 Å². The van der Waals surface area contributed by atoms with Gasteiger partial charge in [0.2, 0.25) is 0 Å². The first-order valence-corrected chi connectivity index (χ1v) is 14.9. The fourth-order valence-electron chi connectivity index (χ4n) is 7.26.